The third-order valence-corrected chi connectivity index (χ3v) is 1.63. The number of rotatable bonds is 2. The molecule has 0 saturated heterocycles. The second-order valence-corrected chi connectivity index (χ2v) is 2.29. The number of hydrogen-bond donors (Lipinski definition) is 2. The summed E-state index contributed by atoms with van der Waals surface area (Å²) in [7, 11) is -1.20. The molecule has 0 fully saturated rings. The Morgan fingerprint density at radius 1 is 1.67 bits per heavy atom. The zero-order valence-corrected chi connectivity index (χ0v) is 5.34. The monoisotopic (exact) mass is 144 g/mol. The Balaban J connectivity index is 2.65. The molecule has 0 unspecified atom stereocenters. The molecule has 2 N–H and O–H groups in total. The Morgan fingerprint density at radius 3 is 2.89 bits per heavy atom. The quantitative estimate of drug-likeness (QED) is 0.347. The van der Waals surface area contributed by atoms with Crippen LogP contribution in [0.4, 0.5) is 0 Å². The average molecular weight is 144 g/mol. The molecule has 0 aliphatic rings. The van der Waals surface area contributed by atoms with Gasteiger partial charge in [0.15, 0.2) is 0 Å². The first-order valence-corrected chi connectivity index (χ1v) is 3.29. The molecule has 0 atom stereocenters. The summed E-state index contributed by atoms with van der Waals surface area (Å²) in [6.45, 7) is 0. The number of thiophene rings is 1. The van der Waals surface area contributed by atoms with Crippen molar-refractivity contribution in [2.75, 3.05) is 0 Å². The van der Waals surface area contributed by atoms with Gasteiger partial charge >= 0.3 is 7.12 Å². The summed E-state index contributed by atoms with van der Waals surface area (Å²) in [6, 6.07) is 1.67. The van der Waals surface area contributed by atoms with Gasteiger partial charge in [-0.25, -0.2) is 0 Å². The van der Waals surface area contributed by atoms with Gasteiger partial charge in [-0.15, -0.1) is 0 Å². The van der Waals surface area contributed by atoms with Crippen molar-refractivity contribution in [2.45, 2.75) is 0 Å². The summed E-state index contributed by atoms with van der Waals surface area (Å²) in [4.78, 5) is 3.66. The Hall–Kier alpha value is -0.355. The molecule has 0 aliphatic carbocycles. The number of hydrogen-bond acceptors (Lipinski definition) is 4. The largest absolute Gasteiger partial charge is 0.523 e. The van der Waals surface area contributed by atoms with E-state index in [1.807, 2.05) is 0 Å². The zero-order valence-electron chi connectivity index (χ0n) is 4.52. The van der Waals surface area contributed by atoms with Crippen molar-refractivity contribution in [3.05, 3.63) is 16.8 Å². The summed E-state index contributed by atoms with van der Waals surface area (Å²) < 4.78 is 0. The molecular weight excluding hydrogens is 139 g/mol. The van der Waals surface area contributed by atoms with Crippen molar-refractivity contribution >= 4 is 23.9 Å². The van der Waals surface area contributed by atoms with Gasteiger partial charge in [-0.2, -0.15) is 11.3 Å². The molecule has 1 heterocycles. The minimum atomic E-state index is -1.20. The third-order valence-electron chi connectivity index (χ3n) is 0.928. The molecule has 0 aliphatic heterocycles. The van der Waals surface area contributed by atoms with Crippen molar-refractivity contribution in [3.8, 4) is 0 Å². The maximum Gasteiger partial charge on any atom is 0.523 e. The topological polar surface area (TPSA) is 49.7 Å². The summed E-state index contributed by atoms with van der Waals surface area (Å²) in [5, 5.41) is 20.2. The average Bonchev–Trinajstić information content (AvgIpc) is 2.37. The van der Waals surface area contributed by atoms with Gasteiger partial charge in [0.2, 0.25) is 0 Å². The summed E-state index contributed by atoms with van der Waals surface area (Å²) >= 11 is 1.43. The van der Waals surface area contributed by atoms with Crippen LogP contribution in [0.1, 0.15) is 0 Å². The lowest BCUT2D eigenvalue weighted by Gasteiger charge is -1.94. The predicted molar refractivity (Wildman–Crippen MR) is 35.6 cm³/mol. The van der Waals surface area contributed by atoms with Gasteiger partial charge in [-0.1, -0.05) is 6.07 Å². The van der Waals surface area contributed by atoms with Crippen LogP contribution in [0.25, 0.3) is 0 Å². The molecule has 1 aromatic heterocycles. The second-order valence-electron chi connectivity index (χ2n) is 1.51. The van der Waals surface area contributed by atoms with Gasteiger partial charge < -0.3 is 5.02 Å². The highest BCUT2D eigenvalue weighted by molar-refractivity contribution is 7.09. The highest BCUT2D eigenvalue weighted by atomic mass is 32.1. The van der Waals surface area contributed by atoms with Gasteiger partial charge in [0.1, 0.15) is 0 Å². The molecule has 3 nitrogen and oxygen atoms in total. The van der Waals surface area contributed by atoms with Gasteiger partial charge in [0, 0.05) is 0 Å². The molecule has 48 valence electrons. The smallest absolute Gasteiger partial charge is 0.422 e. The van der Waals surface area contributed by atoms with E-state index >= 15 is 0 Å². The van der Waals surface area contributed by atoms with Crippen molar-refractivity contribution in [3.63, 3.8) is 0 Å². The van der Waals surface area contributed by atoms with Gasteiger partial charge in [0.05, 0.1) is 0 Å². The minimum absolute atomic E-state index is 0.572. The molecule has 0 amide bonds. The van der Waals surface area contributed by atoms with E-state index in [-0.39, 0.29) is 0 Å². The van der Waals surface area contributed by atoms with Crippen LogP contribution in [0.3, 0.4) is 0 Å². The lowest BCUT2D eigenvalue weighted by atomic mass is 9.83. The summed E-state index contributed by atoms with van der Waals surface area (Å²) in [5.74, 6) is 0. The van der Waals surface area contributed by atoms with Gasteiger partial charge in [-0.05, 0) is 16.2 Å². The van der Waals surface area contributed by atoms with Crippen molar-refractivity contribution in [1.82, 2.24) is 0 Å². The Labute approximate surface area is 56.6 Å². The first-order chi connectivity index (χ1) is 4.34. The molecular formula is C4H5BO3S. The standard InChI is InChI=1S/C4H5BO3S/c6-5(8-7)4-1-2-9-3-4/h1-3,6-7H. The van der Waals surface area contributed by atoms with Crippen LogP contribution >= 0.6 is 11.3 Å². The van der Waals surface area contributed by atoms with E-state index in [4.69, 9.17) is 10.3 Å². The third kappa shape index (κ3) is 1.52. The van der Waals surface area contributed by atoms with Crippen LogP contribution in [0.15, 0.2) is 16.8 Å². The zero-order chi connectivity index (χ0) is 6.69. The first kappa shape index (κ1) is 6.76. The highest BCUT2D eigenvalue weighted by Crippen LogP contribution is 1.93. The van der Waals surface area contributed by atoms with Crippen molar-refractivity contribution < 1.29 is 15.1 Å². The Kier molecular flexibility index (Phi) is 2.24. The Bertz CT molecular complexity index is 164. The molecule has 0 spiro atoms. The van der Waals surface area contributed by atoms with E-state index in [9.17, 15) is 0 Å². The molecule has 0 radical (unpaired) electrons. The highest BCUT2D eigenvalue weighted by Gasteiger charge is 2.15. The van der Waals surface area contributed by atoms with Gasteiger partial charge in [0.25, 0.3) is 0 Å². The molecule has 9 heavy (non-hydrogen) atoms. The maximum absolute atomic E-state index is 8.75. The van der Waals surface area contributed by atoms with Gasteiger partial charge in [-0.3, -0.25) is 10.1 Å². The van der Waals surface area contributed by atoms with E-state index in [1.54, 1.807) is 16.8 Å². The van der Waals surface area contributed by atoms with E-state index in [0.717, 1.165) is 0 Å². The lowest BCUT2D eigenvalue weighted by Crippen LogP contribution is -2.30. The molecule has 0 bridgehead atoms. The molecule has 0 aromatic carbocycles. The van der Waals surface area contributed by atoms with E-state index in [2.05, 4.69) is 4.81 Å². The van der Waals surface area contributed by atoms with Crippen molar-refractivity contribution in [2.24, 2.45) is 0 Å². The summed E-state index contributed by atoms with van der Waals surface area (Å²) in [6.07, 6.45) is 0. The SMILES string of the molecule is OOB(O)c1ccsc1. The molecule has 0 saturated carbocycles. The maximum atomic E-state index is 8.75. The minimum Gasteiger partial charge on any atom is -0.422 e. The van der Waals surface area contributed by atoms with Crippen LogP contribution in [-0.2, 0) is 4.81 Å². The lowest BCUT2D eigenvalue weighted by molar-refractivity contribution is -0.154. The first-order valence-electron chi connectivity index (χ1n) is 2.35. The van der Waals surface area contributed by atoms with Crippen LogP contribution in [0, 0.1) is 0 Å². The molecule has 5 heteroatoms. The van der Waals surface area contributed by atoms with E-state index in [1.165, 1.54) is 11.3 Å². The van der Waals surface area contributed by atoms with E-state index in [0.29, 0.717) is 5.46 Å². The fourth-order valence-electron chi connectivity index (χ4n) is 0.476. The second kappa shape index (κ2) is 2.98. The fraction of sp³-hybridized carbons (Fsp3) is 0. The molecule has 1 aromatic rings. The van der Waals surface area contributed by atoms with E-state index < -0.39 is 7.12 Å². The van der Waals surface area contributed by atoms with Crippen LogP contribution in [0.5, 0.6) is 0 Å². The summed E-state index contributed by atoms with van der Waals surface area (Å²) in [5.41, 5.74) is 0.572. The molecule has 1 rings (SSSR count). The normalized spacial score (nSPS) is 9.56. The Morgan fingerprint density at radius 2 is 2.44 bits per heavy atom. The fourth-order valence-corrected chi connectivity index (χ4v) is 1.14. The van der Waals surface area contributed by atoms with Crippen LogP contribution in [-0.4, -0.2) is 17.4 Å². The van der Waals surface area contributed by atoms with Crippen LogP contribution in [0.2, 0.25) is 0 Å². The van der Waals surface area contributed by atoms with Crippen molar-refractivity contribution in [1.29, 1.82) is 0 Å². The van der Waals surface area contributed by atoms with Crippen LogP contribution < -0.4 is 5.46 Å². The predicted octanol–water partition coefficient (Wildman–Crippen LogP) is -0.0748.